The molecule has 2 unspecified atom stereocenters. The minimum atomic E-state index is -0.316. The Morgan fingerprint density at radius 1 is 1.29 bits per heavy atom. The fourth-order valence-electron chi connectivity index (χ4n) is 1.56. The molecule has 17 heavy (non-hydrogen) atoms. The van der Waals surface area contributed by atoms with Crippen LogP contribution in [0, 0.1) is 0 Å². The Morgan fingerprint density at radius 3 is 2.71 bits per heavy atom. The van der Waals surface area contributed by atoms with Gasteiger partial charge in [-0.1, -0.05) is 17.7 Å². The molecule has 0 aliphatic rings. The molecule has 0 bridgehead atoms. The number of benzene rings is 1. The van der Waals surface area contributed by atoms with E-state index in [0.29, 0.717) is 16.5 Å². The van der Waals surface area contributed by atoms with Gasteiger partial charge in [0.2, 0.25) is 0 Å². The zero-order valence-corrected chi connectivity index (χ0v) is 10.2. The summed E-state index contributed by atoms with van der Waals surface area (Å²) in [5, 5.41) is 0.630. The Kier molecular flexibility index (Phi) is 3.71. The molecule has 0 aliphatic heterocycles. The Hall–Kier alpha value is -1.45. The van der Waals surface area contributed by atoms with Crippen molar-refractivity contribution in [2.45, 2.75) is 19.1 Å². The molecule has 0 amide bonds. The molecule has 2 N–H and O–H groups in total. The Labute approximate surface area is 105 Å². The van der Waals surface area contributed by atoms with Crippen LogP contribution in [0.4, 0.5) is 0 Å². The maximum Gasteiger partial charge on any atom is 0.171 e. The normalized spacial score (nSPS) is 14.3. The van der Waals surface area contributed by atoms with E-state index in [9.17, 15) is 0 Å². The van der Waals surface area contributed by atoms with E-state index in [1.807, 2.05) is 31.2 Å². The van der Waals surface area contributed by atoms with Crippen molar-refractivity contribution >= 4 is 11.6 Å². The molecule has 3 nitrogen and oxygen atoms in total. The van der Waals surface area contributed by atoms with Gasteiger partial charge in [-0.15, -0.1) is 0 Å². The summed E-state index contributed by atoms with van der Waals surface area (Å²) >= 11 is 5.90. The smallest absolute Gasteiger partial charge is 0.171 e. The van der Waals surface area contributed by atoms with E-state index in [1.165, 1.54) is 0 Å². The van der Waals surface area contributed by atoms with E-state index in [-0.39, 0.29) is 12.1 Å². The van der Waals surface area contributed by atoms with Gasteiger partial charge in [-0.2, -0.15) is 0 Å². The lowest BCUT2D eigenvalue weighted by molar-refractivity contribution is 0.153. The maximum absolute atomic E-state index is 5.90. The van der Waals surface area contributed by atoms with Gasteiger partial charge >= 0.3 is 0 Å². The van der Waals surface area contributed by atoms with Crippen LogP contribution in [0.3, 0.4) is 0 Å². The summed E-state index contributed by atoms with van der Waals surface area (Å²) in [6.07, 6.45) is 1.29. The first-order valence-corrected chi connectivity index (χ1v) is 5.76. The predicted octanol–water partition coefficient (Wildman–Crippen LogP) is 3.40. The molecule has 1 heterocycles. The van der Waals surface area contributed by atoms with Crippen molar-refractivity contribution < 1.29 is 9.15 Å². The van der Waals surface area contributed by atoms with Crippen LogP contribution in [0.5, 0.6) is 5.75 Å². The molecule has 0 spiro atoms. The van der Waals surface area contributed by atoms with Gasteiger partial charge in [0, 0.05) is 11.1 Å². The number of furan rings is 1. The first-order chi connectivity index (χ1) is 8.16. The quantitative estimate of drug-likeness (QED) is 0.906. The van der Waals surface area contributed by atoms with Crippen molar-refractivity contribution in [3.8, 4) is 5.75 Å². The number of rotatable bonds is 4. The monoisotopic (exact) mass is 251 g/mol. The largest absolute Gasteiger partial charge is 0.481 e. The third kappa shape index (κ3) is 3.02. The van der Waals surface area contributed by atoms with Crippen molar-refractivity contribution in [1.82, 2.24) is 0 Å². The number of hydrogen-bond donors (Lipinski definition) is 1. The van der Waals surface area contributed by atoms with Crippen molar-refractivity contribution in [3.63, 3.8) is 0 Å². The number of nitrogens with two attached hydrogens (primary N) is 1. The second-order valence-corrected chi connectivity index (χ2v) is 4.31. The zero-order chi connectivity index (χ0) is 12.3. The van der Waals surface area contributed by atoms with Crippen molar-refractivity contribution in [2.24, 2.45) is 5.73 Å². The average Bonchev–Trinajstić information content (AvgIpc) is 2.78. The van der Waals surface area contributed by atoms with Crippen molar-refractivity contribution in [1.29, 1.82) is 0 Å². The molecule has 90 valence electrons. The van der Waals surface area contributed by atoms with E-state index < -0.39 is 0 Å². The fraction of sp³-hybridized carbons (Fsp3) is 0.231. The first kappa shape index (κ1) is 12.0. The molecular formula is C13H14ClNO2. The van der Waals surface area contributed by atoms with E-state index in [1.54, 1.807) is 18.4 Å². The summed E-state index contributed by atoms with van der Waals surface area (Å²) in [4.78, 5) is 0. The summed E-state index contributed by atoms with van der Waals surface area (Å²) in [6.45, 7) is 1.87. The summed E-state index contributed by atoms with van der Waals surface area (Å²) in [5.41, 5.74) is 5.90. The lowest BCUT2D eigenvalue weighted by Gasteiger charge is -2.20. The molecule has 2 atom stereocenters. The van der Waals surface area contributed by atoms with Crippen LogP contribution in [0.25, 0.3) is 0 Å². The van der Waals surface area contributed by atoms with E-state index in [2.05, 4.69) is 0 Å². The molecule has 0 saturated carbocycles. The number of ether oxygens (including phenoxy) is 1. The molecule has 1 aromatic carbocycles. The second-order valence-electron chi connectivity index (χ2n) is 3.87. The van der Waals surface area contributed by atoms with E-state index in [0.717, 1.165) is 0 Å². The molecule has 0 saturated heterocycles. The Morgan fingerprint density at radius 2 is 2.12 bits per heavy atom. The van der Waals surface area contributed by atoms with Gasteiger partial charge in [0.05, 0.1) is 6.26 Å². The average molecular weight is 252 g/mol. The summed E-state index contributed by atoms with van der Waals surface area (Å²) in [5.74, 6) is 1.39. The van der Waals surface area contributed by atoms with Crippen LogP contribution in [0.2, 0.25) is 5.02 Å². The molecule has 4 heteroatoms. The second kappa shape index (κ2) is 5.25. The number of hydrogen-bond acceptors (Lipinski definition) is 3. The maximum atomic E-state index is 5.90. The van der Waals surface area contributed by atoms with Crippen LogP contribution in [-0.4, -0.2) is 6.04 Å². The van der Waals surface area contributed by atoms with Gasteiger partial charge in [-0.05, 0) is 37.3 Å². The molecule has 2 aromatic rings. The lowest BCUT2D eigenvalue weighted by atomic mass is 10.1. The van der Waals surface area contributed by atoms with Gasteiger partial charge in [0.25, 0.3) is 0 Å². The highest BCUT2D eigenvalue weighted by atomic mass is 35.5. The molecule has 1 aromatic heterocycles. The lowest BCUT2D eigenvalue weighted by Crippen LogP contribution is -2.28. The Bertz CT molecular complexity index is 468. The highest BCUT2D eigenvalue weighted by Crippen LogP contribution is 2.26. The SMILES string of the molecule is CC(N)C(Oc1cccc(Cl)c1)c1ccco1. The van der Waals surface area contributed by atoms with Crippen molar-refractivity contribution in [3.05, 3.63) is 53.4 Å². The number of halogens is 1. The van der Waals surface area contributed by atoms with E-state index in [4.69, 9.17) is 26.5 Å². The van der Waals surface area contributed by atoms with Gasteiger partial charge in [-0.25, -0.2) is 0 Å². The zero-order valence-electron chi connectivity index (χ0n) is 9.47. The topological polar surface area (TPSA) is 48.4 Å². The fourth-order valence-corrected chi connectivity index (χ4v) is 1.74. The minimum Gasteiger partial charge on any atom is -0.481 e. The van der Waals surface area contributed by atoms with Gasteiger partial charge in [-0.3, -0.25) is 0 Å². The highest BCUT2D eigenvalue weighted by Gasteiger charge is 2.20. The summed E-state index contributed by atoms with van der Waals surface area (Å²) < 4.78 is 11.1. The van der Waals surface area contributed by atoms with Crippen LogP contribution in [0.1, 0.15) is 18.8 Å². The highest BCUT2D eigenvalue weighted by molar-refractivity contribution is 6.30. The molecular weight excluding hydrogens is 238 g/mol. The van der Waals surface area contributed by atoms with Crippen LogP contribution < -0.4 is 10.5 Å². The van der Waals surface area contributed by atoms with Crippen LogP contribution in [0.15, 0.2) is 47.1 Å². The van der Waals surface area contributed by atoms with Crippen LogP contribution >= 0.6 is 11.6 Å². The third-order valence-corrected chi connectivity index (χ3v) is 2.60. The predicted molar refractivity (Wildman–Crippen MR) is 67.2 cm³/mol. The summed E-state index contributed by atoms with van der Waals surface area (Å²) in [7, 11) is 0. The summed E-state index contributed by atoms with van der Waals surface area (Å²) in [6, 6.07) is 10.7. The molecule has 0 radical (unpaired) electrons. The molecule has 0 fully saturated rings. The van der Waals surface area contributed by atoms with Gasteiger partial charge in [0.15, 0.2) is 6.10 Å². The van der Waals surface area contributed by atoms with E-state index >= 15 is 0 Å². The van der Waals surface area contributed by atoms with Crippen molar-refractivity contribution in [2.75, 3.05) is 0 Å². The Balaban J connectivity index is 2.19. The first-order valence-electron chi connectivity index (χ1n) is 5.38. The third-order valence-electron chi connectivity index (χ3n) is 2.36. The van der Waals surface area contributed by atoms with Gasteiger partial charge in [0.1, 0.15) is 11.5 Å². The van der Waals surface area contributed by atoms with Gasteiger partial charge < -0.3 is 14.9 Å². The molecule has 0 aliphatic carbocycles. The van der Waals surface area contributed by atoms with Crippen LogP contribution in [-0.2, 0) is 0 Å². The standard InChI is InChI=1S/C13H14ClNO2/c1-9(15)13(12-6-3-7-16-12)17-11-5-2-4-10(14)8-11/h2-9,13H,15H2,1H3. The minimum absolute atomic E-state index is 0.180. The molecule has 2 rings (SSSR count).